The highest BCUT2D eigenvalue weighted by atomic mass is 31.2. The van der Waals surface area contributed by atoms with Gasteiger partial charge >= 0.3 is 19.8 Å². The Kier molecular flexibility index (Phi) is 35.8. The molecular weight excluding hydrogens is 665 g/mol. The van der Waals surface area contributed by atoms with Gasteiger partial charge in [-0.05, 0) is 77.0 Å². The van der Waals surface area contributed by atoms with Crippen LogP contribution in [0.2, 0.25) is 0 Å². The van der Waals surface area contributed by atoms with Crippen LogP contribution in [0.5, 0.6) is 0 Å². The van der Waals surface area contributed by atoms with Crippen molar-refractivity contribution in [2.24, 2.45) is 5.73 Å². The minimum atomic E-state index is -4.39. The second-order valence-corrected chi connectivity index (χ2v) is 14.2. The Balaban J connectivity index is 4.31. The average Bonchev–Trinajstić information content (AvgIpc) is 3.11. The predicted octanol–water partition coefficient (Wildman–Crippen LogP) is 10.9. The van der Waals surface area contributed by atoms with E-state index in [1.54, 1.807) is 0 Å². The molecule has 0 spiro atoms. The first-order valence-corrected chi connectivity index (χ1v) is 21.3. The number of carbonyl (C=O) groups is 2. The lowest BCUT2D eigenvalue weighted by molar-refractivity contribution is -0.161. The standard InChI is InChI=1S/C41H72NO8P/c1-3-5-7-9-11-13-15-17-19-21-23-25-27-29-31-33-40(43)47-37-39(38-49-51(45,46)48-36-35-42)50-41(44)34-32-30-28-26-24-22-20-18-16-14-12-10-8-6-4-2/h6,8,12,14,18,20-21,23-24,26,39H,3-5,7,9-11,13,15-17,19,22,25,27-38,42H2,1-2H3,(H,45,46)/b8-6+,14-12+,20-18+,23-21+,26-24+/t39-/m1/s1. The van der Waals surface area contributed by atoms with E-state index in [4.69, 9.17) is 24.3 Å². The van der Waals surface area contributed by atoms with Crippen molar-refractivity contribution in [3.8, 4) is 0 Å². The number of allylic oxidation sites excluding steroid dienone is 10. The molecule has 0 bridgehead atoms. The molecule has 0 aromatic rings. The maximum Gasteiger partial charge on any atom is 0.472 e. The molecule has 0 saturated heterocycles. The van der Waals surface area contributed by atoms with Crippen molar-refractivity contribution < 1.29 is 37.6 Å². The second kappa shape index (κ2) is 37.5. The molecule has 0 aromatic heterocycles. The molecule has 0 amide bonds. The van der Waals surface area contributed by atoms with Crippen LogP contribution in [0.1, 0.15) is 155 Å². The van der Waals surface area contributed by atoms with Crippen molar-refractivity contribution >= 4 is 19.8 Å². The Labute approximate surface area is 310 Å². The number of hydrogen-bond acceptors (Lipinski definition) is 8. The molecule has 0 aromatic carbocycles. The highest BCUT2D eigenvalue weighted by Crippen LogP contribution is 2.43. The molecule has 0 aliphatic heterocycles. The normalized spacial score (nSPS) is 14.0. The maximum absolute atomic E-state index is 12.5. The summed E-state index contributed by atoms with van der Waals surface area (Å²) in [7, 11) is -4.39. The van der Waals surface area contributed by atoms with Gasteiger partial charge in [0.15, 0.2) is 6.10 Å². The summed E-state index contributed by atoms with van der Waals surface area (Å²) in [5, 5.41) is 0. The molecule has 51 heavy (non-hydrogen) atoms. The first-order chi connectivity index (χ1) is 24.8. The molecule has 2 atom stereocenters. The van der Waals surface area contributed by atoms with Gasteiger partial charge in [0, 0.05) is 19.4 Å². The van der Waals surface area contributed by atoms with Gasteiger partial charge in [0.25, 0.3) is 0 Å². The maximum atomic E-state index is 12.5. The lowest BCUT2D eigenvalue weighted by Gasteiger charge is -2.19. The SMILES string of the molecule is CC/C=C/C/C=C/C/C=C/C/C=C/CCCCC(=O)O[C@H](COC(=O)CCCCC/C=C/CCCCCCCCCC)COP(=O)(O)OCCN. The first-order valence-electron chi connectivity index (χ1n) is 19.8. The van der Waals surface area contributed by atoms with Crippen LogP contribution in [-0.4, -0.2) is 49.3 Å². The van der Waals surface area contributed by atoms with E-state index in [1.807, 2.05) is 0 Å². The third-order valence-corrected chi connectivity index (χ3v) is 8.87. The predicted molar refractivity (Wildman–Crippen MR) is 210 cm³/mol. The van der Waals surface area contributed by atoms with Crippen molar-refractivity contribution in [2.45, 2.75) is 161 Å². The smallest absolute Gasteiger partial charge is 0.462 e. The molecule has 0 aliphatic rings. The largest absolute Gasteiger partial charge is 0.472 e. The fourth-order valence-electron chi connectivity index (χ4n) is 4.97. The van der Waals surface area contributed by atoms with E-state index in [1.165, 1.54) is 51.4 Å². The van der Waals surface area contributed by atoms with Crippen LogP contribution < -0.4 is 5.73 Å². The summed E-state index contributed by atoms with van der Waals surface area (Å²) >= 11 is 0. The average molecular weight is 738 g/mol. The number of ether oxygens (including phenoxy) is 2. The molecule has 0 radical (unpaired) electrons. The van der Waals surface area contributed by atoms with Crippen LogP contribution in [0.25, 0.3) is 0 Å². The molecule has 0 rings (SSSR count). The highest BCUT2D eigenvalue weighted by molar-refractivity contribution is 7.47. The monoisotopic (exact) mass is 737 g/mol. The fourth-order valence-corrected chi connectivity index (χ4v) is 5.74. The van der Waals surface area contributed by atoms with Gasteiger partial charge in [-0.25, -0.2) is 4.57 Å². The Morgan fingerprint density at radius 1 is 0.608 bits per heavy atom. The molecule has 0 fully saturated rings. The molecule has 0 saturated carbocycles. The number of rotatable bonds is 36. The summed E-state index contributed by atoms with van der Waals surface area (Å²) in [6, 6.07) is 0. The molecule has 0 aliphatic carbocycles. The van der Waals surface area contributed by atoms with E-state index < -0.39 is 32.5 Å². The first kappa shape index (κ1) is 48.7. The Morgan fingerprint density at radius 2 is 1.08 bits per heavy atom. The molecular formula is C41H72NO8P. The van der Waals surface area contributed by atoms with E-state index in [-0.39, 0.29) is 32.6 Å². The van der Waals surface area contributed by atoms with Crippen molar-refractivity contribution in [1.29, 1.82) is 0 Å². The molecule has 9 nitrogen and oxygen atoms in total. The fraction of sp³-hybridized carbons (Fsp3) is 0.707. The van der Waals surface area contributed by atoms with Crippen LogP contribution in [-0.2, 0) is 32.7 Å². The number of nitrogens with two attached hydrogens (primary N) is 1. The quantitative estimate of drug-likeness (QED) is 0.0279. The topological polar surface area (TPSA) is 134 Å². The summed E-state index contributed by atoms with van der Waals surface area (Å²) in [5.41, 5.74) is 5.33. The van der Waals surface area contributed by atoms with Crippen LogP contribution in [0.4, 0.5) is 0 Å². The highest BCUT2D eigenvalue weighted by Gasteiger charge is 2.25. The van der Waals surface area contributed by atoms with Gasteiger partial charge in [-0.15, -0.1) is 0 Å². The number of unbranched alkanes of at least 4 members (excludes halogenated alkanes) is 13. The minimum absolute atomic E-state index is 0.0421. The zero-order chi connectivity index (χ0) is 37.5. The molecule has 294 valence electrons. The molecule has 0 heterocycles. The minimum Gasteiger partial charge on any atom is -0.462 e. The van der Waals surface area contributed by atoms with Crippen LogP contribution in [0.3, 0.4) is 0 Å². The summed E-state index contributed by atoms with van der Waals surface area (Å²) in [6.07, 6.45) is 42.6. The lowest BCUT2D eigenvalue weighted by atomic mass is 10.1. The van der Waals surface area contributed by atoms with E-state index in [0.29, 0.717) is 12.8 Å². The van der Waals surface area contributed by atoms with Gasteiger partial charge in [0.1, 0.15) is 6.61 Å². The van der Waals surface area contributed by atoms with Gasteiger partial charge in [-0.1, -0.05) is 126 Å². The van der Waals surface area contributed by atoms with Crippen LogP contribution >= 0.6 is 7.82 Å². The number of hydrogen-bond donors (Lipinski definition) is 2. The van der Waals surface area contributed by atoms with Gasteiger partial charge < -0.3 is 20.1 Å². The van der Waals surface area contributed by atoms with Crippen LogP contribution in [0, 0.1) is 0 Å². The number of phosphoric ester groups is 1. The summed E-state index contributed by atoms with van der Waals surface area (Å²) in [5.74, 6) is -0.901. The summed E-state index contributed by atoms with van der Waals surface area (Å²) in [4.78, 5) is 34.7. The molecule has 1 unspecified atom stereocenters. The molecule has 10 heteroatoms. The zero-order valence-electron chi connectivity index (χ0n) is 32.1. The van der Waals surface area contributed by atoms with Crippen molar-refractivity contribution in [3.63, 3.8) is 0 Å². The van der Waals surface area contributed by atoms with Gasteiger partial charge in [0.2, 0.25) is 0 Å². The summed E-state index contributed by atoms with van der Waals surface area (Å²) < 4.78 is 32.6. The Hall–Kier alpha value is -2.29. The zero-order valence-corrected chi connectivity index (χ0v) is 33.0. The number of esters is 2. The Bertz CT molecular complexity index is 1020. The third kappa shape index (κ3) is 37.3. The molecule has 3 N–H and O–H groups in total. The van der Waals surface area contributed by atoms with E-state index >= 15 is 0 Å². The van der Waals surface area contributed by atoms with Crippen molar-refractivity contribution in [2.75, 3.05) is 26.4 Å². The summed E-state index contributed by atoms with van der Waals surface area (Å²) in [6.45, 7) is 3.53. The number of carbonyl (C=O) groups excluding carboxylic acids is 2. The Morgan fingerprint density at radius 3 is 1.67 bits per heavy atom. The second-order valence-electron chi connectivity index (χ2n) is 12.8. The van der Waals surface area contributed by atoms with Crippen molar-refractivity contribution in [1.82, 2.24) is 0 Å². The lowest BCUT2D eigenvalue weighted by Crippen LogP contribution is -2.29. The van der Waals surface area contributed by atoms with Crippen LogP contribution in [0.15, 0.2) is 60.8 Å². The van der Waals surface area contributed by atoms with Crippen molar-refractivity contribution in [3.05, 3.63) is 60.8 Å². The van der Waals surface area contributed by atoms with Gasteiger partial charge in [-0.2, -0.15) is 0 Å². The van der Waals surface area contributed by atoms with E-state index in [9.17, 15) is 19.0 Å². The van der Waals surface area contributed by atoms with Gasteiger partial charge in [0.05, 0.1) is 13.2 Å². The van der Waals surface area contributed by atoms with Gasteiger partial charge in [-0.3, -0.25) is 18.6 Å². The number of phosphoric acid groups is 1. The van der Waals surface area contributed by atoms with E-state index in [0.717, 1.165) is 64.2 Å². The van der Waals surface area contributed by atoms with E-state index in [2.05, 4.69) is 74.6 Å². The third-order valence-electron chi connectivity index (χ3n) is 7.89.